The molecule has 0 aliphatic rings. The maximum Gasteiger partial charge on any atom is 0.310 e. The molecule has 17 heavy (non-hydrogen) atoms. The first kappa shape index (κ1) is 13.2. The summed E-state index contributed by atoms with van der Waals surface area (Å²) in [6.45, 7) is 1.60. The van der Waals surface area contributed by atoms with Gasteiger partial charge in [0.2, 0.25) is 0 Å². The van der Waals surface area contributed by atoms with Crippen molar-refractivity contribution >= 4 is 28.9 Å². The highest BCUT2D eigenvalue weighted by Gasteiger charge is 2.19. The van der Waals surface area contributed by atoms with E-state index in [1.165, 1.54) is 19.1 Å². The van der Waals surface area contributed by atoms with Gasteiger partial charge in [-0.05, 0) is 12.1 Å². The summed E-state index contributed by atoms with van der Waals surface area (Å²) in [7, 11) is 0. The number of hydrogen-bond acceptors (Lipinski definition) is 4. The minimum Gasteiger partial charge on any atom is -0.481 e. The van der Waals surface area contributed by atoms with Gasteiger partial charge in [0.1, 0.15) is 10.7 Å². The Balaban J connectivity index is 2.88. The van der Waals surface area contributed by atoms with E-state index in [2.05, 4.69) is 5.32 Å². The highest BCUT2D eigenvalue weighted by Crippen LogP contribution is 2.32. The van der Waals surface area contributed by atoms with Crippen LogP contribution < -0.4 is 5.32 Å². The number of carboxylic acid groups (broad SMARTS) is 1. The first-order valence-corrected chi connectivity index (χ1v) is 5.21. The number of carbonyl (C=O) groups is 1. The monoisotopic (exact) mass is 258 g/mol. The summed E-state index contributed by atoms with van der Waals surface area (Å²) < 4.78 is 0. The van der Waals surface area contributed by atoms with Crippen LogP contribution in [0.3, 0.4) is 0 Å². The van der Waals surface area contributed by atoms with Crippen LogP contribution in [-0.2, 0) is 4.79 Å². The van der Waals surface area contributed by atoms with Gasteiger partial charge in [-0.2, -0.15) is 0 Å². The molecule has 0 radical (unpaired) electrons. The van der Waals surface area contributed by atoms with Crippen LogP contribution in [0.1, 0.15) is 6.92 Å². The van der Waals surface area contributed by atoms with E-state index in [-0.39, 0.29) is 22.9 Å². The standard InChI is InChI=1S/C10H11ClN2O4/c1-6(10(14)15)5-12-8-4-2-3-7(11)9(8)13(16)17/h2-4,6,12H,5H2,1H3,(H,14,15). The largest absolute Gasteiger partial charge is 0.481 e. The van der Waals surface area contributed by atoms with Crippen LogP contribution in [0.4, 0.5) is 11.4 Å². The fourth-order valence-corrected chi connectivity index (χ4v) is 1.44. The molecule has 0 aliphatic carbocycles. The third-order valence-electron chi connectivity index (χ3n) is 2.19. The molecule has 0 aliphatic heterocycles. The molecule has 7 heteroatoms. The molecule has 1 aromatic carbocycles. The molecule has 0 saturated carbocycles. The van der Waals surface area contributed by atoms with Crippen molar-refractivity contribution < 1.29 is 14.8 Å². The van der Waals surface area contributed by atoms with Gasteiger partial charge in [-0.1, -0.05) is 24.6 Å². The third kappa shape index (κ3) is 3.32. The topological polar surface area (TPSA) is 92.5 Å². The summed E-state index contributed by atoms with van der Waals surface area (Å²) in [4.78, 5) is 20.8. The van der Waals surface area contributed by atoms with Crippen molar-refractivity contribution in [3.05, 3.63) is 33.3 Å². The van der Waals surface area contributed by atoms with Gasteiger partial charge in [-0.15, -0.1) is 0 Å². The Morgan fingerprint density at radius 3 is 2.82 bits per heavy atom. The second-order valence-electron chi connectivity index (χ2n) is 3.51. The minimum atomic E-state index is -0.970. The molecule has 0 saturated heterocycles. The van der Waals surface area contributed by atoms with Crippen LogP contribution in [0.2, 0.25) is 5.02 Å². The van der Waals surface area contributed by atoms with Gasteiger partial charge in [0, 0.05) is 6.54 Å². The van der Waals surface area contributed by atoms with E-state index in [0.717, 1.165) is 0 Å². The molecule has 1 unspecified atom stereocenters. The van der Waals surface area contributed by atoms with Crippen LogP contribution in [0.25, 0.3) is 0 Å². The molecular formula is C10H11ClN2O4. The number of aliphatic carboxylic acids is 1. The number of hydrogen-bond donors (Lipinski definition) is 2. The SMILES string of the molecule is CC(CNc1cccc(Cl)c1[N+](=O)[O-])C(=O)O. The van der Waals surface area contributed by atoms with E-state index in [0.29, 0.717) is 0 Å². The number of nitrogens with one attached hydrogen (secondary N) is 1. The molecule has 92 valence electrons. The van der Waals surface area contributed by atoms with Crippen LogP contribution in [0, 0.1) is 16.0 Å². The lowest BCUT2D eigenvalue weighted by molar-refractivity contribution is -0.383. The Morgan fingerprint density at radius 2 is 2.29 bits per heavy atom. The lowest BCUT2D eigenvalue weighted by Gasteiger charge is -2.10. The number of rotatable bonds is 5. The van der Waals surface area contributed by atoms with Crippen molar-refractivity contribution in [1.29, 1.82) is 0 Å². The summed E-state index contributed by atoms with van der Waals surface area (Å²) in [5, 5.41) is 22.2. The molecule has 0 spiro atoms. The Morgan fingerprint density at radius 1 is 1.65 bits per heavy atom. The van der Waals surface area contributed by atoms with Gasteiger partial charge in [-0.3, -0.25) is 14.9 Å². The van der Waals surface area contributed by atoms with Crippen LogP contribution >= 0.6 is 11.6 Å². The fourth-order valence-electron chi connectivity index (χ4n) is 1.19. The van der Waals surface area contributed by atoms with Crippen molar-refractivity contribution in [3.8, 4) is 0 Å². The quantitative estimate of drug-likeness (QED) is 0.625. The van der Waals surface area contributed by atoms with Gasteiger partial charge < -0.3 is 10.4 Å². The Bertz CT molecular complexity index is 450. The molecule has 1 rings (SSSR count). The molecule has 0 heterocycles. The lowest BCUT2D eigenvalue weighted by atomic mass is 10.2. The molecule has 0 bridgehead atoms. The van der Waals surface area contributed by atoms with E-state index in [4.69, 9.17) is 16.7 Å². The molecule has 0 amide bonds. The zero-order chi connectivity index (χ0) is 13.0. The summed E-state index contributed by atoms with van der Waals surface area (Å²) in [5.41, 5.74) is -0.0256. The van der Waals surface area contributed by atoms with E-state index in [9.17, 15) is 14.9 Å². The molecule has 0 fully saturated rings. The zero-order valence-corrected chi connectivity index (χ0v) is 9.77. The Kier molecular flexibility index (Phi) is 4.28. The second-order valence-corrected chi connectivity index (χ2v) is 3.92. The summed E-state index contributed by atoms with van der Waals surface area (Å²) in [6.07, 6.45) is 0. The van der Waals surface area contributed by atoms with Crippen LogP contribution in [-0.4, -0.2) is 22.5 Å². The number of benzene rings is 1. The maximum absolute atomic E-state index is 10.8. The average Bonchev–Trinajstić information content (AvgIpc) is 2.24. The first-order chi connectivity index (χ1) is 7.93. The smallest absolute Gasteiger partial charge is 0.310 e. The predicted octanol–water partition coefficient (Wildman–Crippen LogP) is 2.38. The number of nitro benzene ring substituents is 1. The number of halogens is 1. The number of nitro groups is 1. The van der Waals surface area contributed by atoms with E-state index in [1.54, 1.807) is 6.07 Å². The lowest BCUT2D eigenvalue weighted by Crippen LogP contribution is -2.20. The number of carboxylic acids is 1. The van der Waals surface area contributed by atoms with Crippen LogP contribution in [0.15, 0.2) is 18.2 Å². The number of para-hydroxylation sites is 1. The van der Waals surface area contributed by atoms with E-state index >= 15 is 0 Å². The van der Waals surface area contributed by atoms with Crippen molar-refractivity contribution in [3.63, 3.8) is 0 Å². The molecule has 1 atom stereocenters. The van der Waals surface area contributed by atoms with Crippen LogP contribution in [0.5, 0.6) is 0 Å². The number of anilines is 1. The van der Waals surface area contributed by atoms with Gasteiger partial charge in [0.25, 0.3) is 0 Å². The summed E-state index contributed by atoms with van der Waals surface area (Å²) in [5.74, 6) is -1.62. The second kappa shape index (κ2) is 5.49. The normalized spacial score (nSPS) is 11.9. The van der Waals surface area contributed by atoms with Crippen molar-refractivity contribution in [2.75, 3.05) is 11.9 Å². The fraction of sp³-hybridized carbons (Fsp3) is 0.300. The van der Waals surface area contributed by atoms with E-state index in [1.807, 2.05) is 0 Å². The van der Waals surface area contributed by atoms with Gasteiger partial charge in [-0.25, -0.2) is 0 Å². The highest BCUT2D eigenvalue weighted by molar-refractivity contribution is 6.33. The Labute approximate surface area is 102 Å². The van der Waals surface area contributed by atoms with Crippen molar-refractivity contribution in [2.45, 2.75) is 6.92 Å². The van der Waals surface area contributed by atoms with Crippen molar-refractivity contribution in [2.24, 2.45) is 5.92 Å². The highest BCUT2D eigenvalue weighted by atomic mass is 35.5. The molecular weight excluding hydrogens is 248 g/mol. The Hall–Kier alpha value is -1.82. The molecule has 0 aromatic heterocycles. The minimum absolute atomic E-state index is 0.0166. The van der Waals surface area contributed by atoms with Crippen molar-refractivity contribution in [1.82, 2.24) is 0 Å². The van der Waals surface area contributed by atoms with Gasteiger partial charge >= 0.3 is 11.7 Å². The third-order valence-corrected chi connectivity index (χ3v) is 2.49. The molecule has 6 nitrogen and oxygen atoms in total. The van der Waals surface area contributed by atoms with Gasteiger partial charge in [0.05, 0.1) is 10.8 Å². The predicted molar refractivity (Wildman–Crippen MR) is 63.4 cm³/mol. The van der Waals surface area contributed by atoms with Gasteiger partial charge in [0.15, 0.2) is 0 Å². The maximum atomic E-state index is 10.8. The summed E-state index contributed by atoms with van der Waals surface area (Å²) >= 11 is 5.70. The average molecular weight is 259 g/mol. The van der Waals surface area contributed by atoms with E-state index < -0.39 is 16.8 Å². The first-order valence-electron chi connectivity index (χ1n) is 4.83. The zero-order valence-electron chi connectivity index (χ0n) is 9.01. The summed E-state index contributed by atoms with van der Waals surface area (Å²) in [6, 6.07) is 4.45. The number of nitrogens with zero attached hydrogens (tertiary/aromatic N) is 1. The molecule has 2 N–H and O–H groups in total. The molecule has 1 aromatic rings.